The Balaban J connectivity index is 1.53. The van der Waals surface area contributed by atoms with Crippen molar-refractivity contribution in [1.29, 1.82) is 0 Å². The molecule has 204 valence electrons. The molecule has 1 aromatic carbocycles. The molecule has 4 aromatic rings. The molecule has 1 aliphatic rings. The number of carbonyl (C=O) groups is 1. The summed E-state index contributed by atoms with van der Waals surface area (Å²) in [7, 11) is 0. The summed E-state index contributed by atoms with van der Waals surface area (Å²) < 4.78 is 2.21. The van der Waals surface area contributed by atoms with Crippen LogP contribution in [-0.4, -0.2) is 46.1 Å². The fraction of sp³-hybridized carbons (Fsp3) is 0.387. The molecule has 1 amide bonds. The van der Waals surface area contributed by atoms with Crippen LogP contribution in [0, 0.1) is 20.8 Å². The number of piperazine rings is 1. The zero-order chi connectivity index (χ0) is 27.8. The van der Waals surface area contributed by atoms with Crippen LogP contribution in [0.2, 0.25) is 0 Å². The predicted octanol–water partition coefficient (Wildman–Crippen LogP) is 4.63. The lowest BCUT2D eigenvalue weighted by Gasteiger charge is -2.34. The van der Waals surface area contributed by atoms with Crippen LogP contribution in [0.25, 0.3) is 22.0 Å². The summed E-state index contributed by atoms with van der Waals surface area (Å²) in [6.07, 6.45) is 4.01. The van der Waals surface area contributed by atoms with E-state index in [1.807, 2.05) is 39.1 Å². The first-order valence-electron chi connectivity index (χ1n) is 13.7. The van der Waals surface area contributed by atoms with E-state index in [9.17, 15) is 9.59 Å². The number of aryl methyl sites for hydroxylation is 3. The monoisotopic (exact) mass is 526 g/mol. The molecule has 1 fully saturated rings. The van der Waals surface area contributed by atoms with Gasteiger partial charge in [0.25, 0.3) is 11.5 Å². The van der Waals surface area contributed by atoms with E-state index in [0.717, 1.165) is 64.3 Å². The molecular formula is C31H38N6O2. The molecule has 0 aliphatic carbocycles. The molecule has 1 aliphatic heterocycles. The Morgan fingerprint density at radius 3 is 2.59 bits per heavy atom. The van der Waals surface area contributed by atoms with Gasteiger partial charge in [-0.15, -0.1) is 0 Å². The predicted molar refractivity (Wildman–Crippen MR) is 158 cm³/mol. The van der Waals surface area contributed by atoms with Crippen LogP contribution >= 0.6 is 0 Å². The summed E-state index contributed by atoms with van der Waals surface area (Å²) in [5.41, 5.74) is 6.61. The average Bonchev–Trinajstić information content (AvgIpc) is 3.24. The van der Waals surface area contributed by atoms with Gasteiger partial charge in [-0.3, -0.25) is 9.59 Å². The standard InChI is InChI=1S/C31H38N6O2/c1-18(2)37-17-20(4)29-25(30(38)34-16-26-19(3)11-21(5)35-31(26)39)12-24(13-27(29)37)23-7-8-28(33-15-23)36-10-9-32-14-22(36)6/h7-8,11-13,15,17-18,22,32H,9-10,14,16H2,1-6H3,(H,34,38)(H,35,39). The number of aromatic nitrogens is 3. The Kier molecular flexibility index (Phi) is 7.32. The SMILES string of the molecule is Cc1cc(C)c(CNC(=O)c2cc(-c3ccc(N4CCNCC4C)nc3)cc3c2c(C)cn3C(C)C)c(=O)[nH]1. The van der Waals surface area contributed by atoms with Gasteiger partial charge in [0.1, 0.15) is 5.82 Å². The number of rotatable bonds is 6. The van der Waals surface area contributed by atoms with Gasteiger partial charge < -0.3 is 25.1 Å². The molecule has 0 saturated carbocycles. The van der Waals surface area contributed by atoms with Gasteiger partial charge >= 0.3 is 0 Å². The van der Waals surface area contributed by atoms with Crippen LogP contribution in [0.1, 0.15) is 59.6 Å². The molecule has 1 unspecified atom stereocenters. The summed E-state index contributed by atoms with van der Waals surface area (Å²) in [6.45, 7) is 15.3. The van der Waals surface area contributed by atoms with Crippen molar-refractivity contribution in [2.24, 2.45) is 0 Å². The summed E-state index contributed by atoms with van der Waals surface area (Å²) in [5, 5.41) is 7.36. The number of amides is 1. The summed E-state index contributed by atoms with van der Waals surface area (Å²) in [4.78, 5) is 36.2. The quantitative estimate of drug-likeness (QED) is 0.341. The maximum atomic E-state index is 13.7. The van der Waals surface area contributed by atoms with Crippen molar-refractivity contribution in [3.63, 3.8) is 0 Å². The van der Waals surface area contributed by atoms with Crippen molar-refractivity contribution in [2.45, 2.75) is 60.2 Å². The van der Waals surface area contributed by atoms with E-state index in [4.69, 9.17) is 4.98 Å². The topological polar surface area (TPSA) is 95.1 Å². The molecule has 1 saturated heterocycles. The highest BCUT2D eigenvalue weighted by Crippen LogP contribution is 2.33. The Hall–Kier alpha value is -3.91. The van der Waals surface area contributed by atoms with Crippen LogP contribution in [-0.2, 0) is 6.54 Å². The van der Waals surface area contributed by atoms with Gasteiger partial charge in [0.05, 0.1) is 0 Å². The fourth-order valence-corrected chi connectivity index (χ4v) is 5.63. The smallest absolute Gasteiger partial charge is 0.253 e. The third-order valence-corrected chi connectivity index (χ3v) is 7.72. The number of hydrogen-bond acceptors (Lipinski definition) is 5. The van der Waals surface area contributed by atoms with Crippen LogP contribution in [0.15, 0.2) is 47.5 Å². The van der Waals surface area contributed by atoms with Gasteiger partial charge in [-0.1, -0.05) is 0 Å². The van der Waals surface area contributed by atoms with Crippen molar-refractivity contribution < 1.29 is 4.79 Å². The minimum Gasteiger partial charge on any atom is -0.351 e. The highest BCUT2D eigenvalue weighted by molar-refractivity contribution is 6.09. The number of hydrogen-bond donors (Lipinski definition) is 3. The first-order chi connectivity index (χ1) is 18.6. The van der Waals surface area contributed by atoms with Crippen molar-refractivity contribution in [1.82, 2.24) is 25.2 Å². The van der Waals surface area contributed by atoms with Gasteiger partial charge in [-0.2, -0.15) is 0 Å². The number of nitrogens with one attached hydrogen (secondary N) is 3. The average molecular weight is 527 g/mol. The lowest BCUT2D eigenvalue weighted by Crippen LogP contribution is -2.50. The van der Waals surface area contributed by atoms with E-state index in [0.29, 0.717) is 17.2 Å². The van der Waals surface area contributed by atoms with Crippen molar-refractivity contribution in [3.05, 3.63) is 81.0 Å². The van der Waals surface area contributed by atoms with Crippen molar-refractivity contribution in [3.8, 4) is 11.1 Å². The van der Waals surface area contributed by atoms with Gasteiger partial charge in [-0.05, 0) is 88.6 Å². The van der Waals surface area contributed by atoms with Gasteiger partial charge in [0, 0.05) is 83.9 Å². The Morgan fingerprint density at radius 1 is 1.13 bits per heavy atom. The molecule has 5 rings (SSSR count). The van der Waals surface area contributed by atoms with E-state index in [2.05, 4.69) is 70.3 Å². The zero-order valence-electron chi connectivity index (χ0n) is 23.7. The minimum atomic E-state index is -0.204. The number of nitrogens with zero attached hydrogens (tertiary/aromatic N) is 3. The second-order valence-electron chi connectivity index (χ2n) is 11.0. The fourth-order valence-electron chi connectivity index (χ4n) is 5.63. The van der Waals surface area contributed by atoms with E-state index < -0.39 is 0 Å². The number of pyridine rings is 2. The maximum absolute atomic E-state index is 13.7. The number of aromatic amines is 1. The van der Waals surface area contributed by atoms with Crippen LogP contribution in [0.3, 0.4) is 0 Å². The molecular weight excluding hydrogens is 488 g/mol. The Labute approximate surface area is 229 Å². The van der Waals surface area contributed by atoms with E-state index in [1.165, 1.54) is 0 Å². The Bertz CT molecular complexity index is 1580. The lowest BCUT2D eigenvalue weighted by atomic mass is 9.98. The molecule has 3 N–H and O–H groups in total. The molecule has 0 radical (unpaired) electrons. The number of benzene rings is 1. The normalized spacial score (nSPS) is 15.8. The highest BCUT2D eigenvalue weighted by Gasteiger charge is 2.21. The maximum Gasteiger partial charge on any atom is 0.253 e. The molecule has 0 spiro atoms. The van der Waals surface area contributed by atoms with Crippen LogP contribution in [0.4, 0.5) is 5.82 Å². The molecule has 4 heterocycles. The third-order valence-electron chi connectivity index (χ3n) is 7.72. The first kappa shape index (κ1) is 26.7. The van der Waals surface area contributed by atoms with E-state index >= 15 is 0 Å². The molecule has 8 nitrogen and oxygen atoms in total. The van der Waals surface area contributed by atoms with Crippen molar-refractivity contribution >= 4 is 22.6 Å². The number of carbonyl (C=O) groups excluding carboxylic acids is 1. The van der Waals surface area contributed by atoms with E-state index in [1.54, 1.807) is 0 Å². The second kappa shape index (κ2) is 10.7. The van der Waals surface area contributed by atoms with Gasteiger partial charge in [0.15, 0.2) is 0 Å². The largest absolute Gasteiger partial charge is 0.351 e. The number of fused-ring (bicyclic) bond motifs is 1. The lowest BCUT2D eigenvalue weighted by molar-refractivity contribution is 0.0952. The van der Waals surface area contributed by atoms with Crippen molar-refractivity contribution in [2.75, 3.05) is 24.5 Å². The highest BCUT2D eigenvalue weighted by atomic mass is 16.1. The molecule has 8 heteroatoms. The van der Waals surface area contributed by atoms with Crippen LogP contribution in [0.5, 0.6) is 0 Å². The van der Waals surface area contributed by atoms with Gasteiger partial charge in [0.2, 0.25) is 0 Å². The van der Waals surface area contributed by atoms with Crippen LogP contribution < -0.4 is 21.1 Å². The second-order valence-corrected chi connectivity index (χ2v) is 11.0. The summed E-state index contributed by atoms with van der Waals surface area (Å²) in [6, 6.07) is 10.8. The van der Waals surface area contributed by atoms with E-state index in [-0.39, 0.29) is 24.1 Å². The molecule has 3 aromatic heterocycles. The van der Waals surface area contributed by atoms with Gasteiger partial charge in [-0.25, -0.2) is 4.98 Å². The molecule has 39 heavy (non-hydrogen) atoms. The third kappa shape index (κ3) is 5.21. The zero-order valence-corrected chi connectivity index (χ0v) is 23.7. The number of anilines is 1. The first-order valence-corrected chi connectivity index (χ1v) is 13.7. The number of H-pyrrole nitrogens is 1. The molecule has 0 bridgehead atoms. The summed E-state index contributed by atoms with van der Waals surface area (Å²) in [5.74, 6) is 0.761. The Morgan fingerprint density at radius 2 is 1.92 bits per heavy atom. The molecule has 1 atom stereocenters. The summed E-state index contributed by atoms with van der Waals surface area (Å²) >= 11 is 0. The minimum absolute atomic E-state index is 0.162.